The Morgan fingerprint density at radius 2 is 2.60 bits per heavy atom. The van der Waals surface area contributed by atoms with Gasteiger partial charge in [-0.2, -0.15) is 5.10 Å². The highest BCUT2D eigenvalue weighted by molar-refractivity contribution is 5.93. The fourth-order valence-electron chi connectivity index (χ4n) is 0.878. The predicted octanol–water partition coefficient (Wildman–Crippen LogP) is 1.00. The van der Waals surface area contributed by atoms with Gasteiger partial charge >= 0.3 is 0 Å². The minimum Gasteiger partial charge on any atom is -0.273 e. The first-order valence-corrected chi connectivity index (χ1v) is 3.67. The van der Waals surface area contributed by atoms with Crippen molar-refractivity contribution in [2.75, 3.05) is 6.54 Å². The number of nitrogens with zero attached hydrogens (tertiary/aromatic N) is 2. The summed E-state index contributed by atoms with van der Waals surface area (Å²) in [6, 6.07) is 0. The molecule has 0 spiro atoms. The molecule has 0 saturated heterocycles. The van der Waals surface area contributed by atoms with Gasteiger partial charge < -0.3 is 0 Å². The number of hydrazone groups is 1. The topological polar surface area (TPSA) is 32.7 Å². The van der Waals surface area contributed by atoms with Crippen LogP contribution in [0.5, 0.6) is 0 Å². The maximum atomic E-state index is 10.9. The van der Waals surface area contributed by atoms with Gasteiger partial charge in [-0.3, -0.25) is 4.79 Å². The van der Waals surface area contributed by atoms with E-state index in [2.05, 4.69) is 12.0 Å². The third kappa shape index (κ3) is 1.56. The molecule has 3 heteroatoms. The molecule has 0 aromatic heterocycles. The van der Waals surface area contributed by atoms with Gasteiger partial charge in [-0.25, -0.2) is 5.01 Å². The van der Waals surface area contributed by atoms with Gasteiger partial charge in [0, 0.05) is 12.8 Å². The molecule has 0 aromatic rings. The number of unbranched alkanes of at least 4 members (excludes halogenated alkanes) is 1. The van der Waals surface area contributed by atoms with Crippen LogP contribution in [0.25, 0.3) is 0 Å². The highest BCUT2D eigenvalue weighted by Gasteiger charge is 2.14. The van der Waals surface area contributed by atoms with Crippen molar-refractivity contribution in [2.24, 2.45) is 5.10 Å². The minimum atomic E-state index is 0.133. The second kappa shape index (κ2) is 3.34. The first-order chi connectivity index (χ1) is 4.84. The Kier molecular flexibility index (Phi) is 2.42. The van der Waals surface area contributed by atoms with Crippen LogP contribution < -0.4 is 0 Å². The van der Waals surface area contributed by atoms with Crippen molar-refractivity contribution < 1.29 is 4.79 Å². The molecular formula is C7H12N2O. The van der Waals surface area contributed by atoms with Gasteiger partial charge in [0.2, 0.25) is 5.91 Å². The molecule has 0 N–H and O–H groups in total. The molecule has 1 heterocycles. The molecule has 1 rings (SSSR count). The maximum Gasteiger partial charge on any atom is 0.248 e. The van der Waals surface area contributed by atoms with Crippen molar-refractivity contribution in [1.29, 1.82) is 0 Å². The summed E-state index contributed by atoms with van der Waals surface area (Å²) in [6.45, 7) is 2.89. The lowest BCUT2D eigenvalue weighted by molar-refractivity contribution is -0.128. The predicted molar refractivity (Wildman–Crippen MR) is 39.7 cm³/mol. The van der Waals surface area contributed by atoms with E-state index in [0.29, 0.717) is 6.42 Å². The maximum absolute atomic E-state index is 10.9. The molecule has 0 unspecified atom stereocenters. The van der Waals surface area contributed by atoms with Crippen molar-refractivity contribution in [3.8, 4) is 0 Å². The van der Waals surface area contributed by atoms with E-state index in [0.717, 1.165) is 19.4 Å². The van der Waals surface area contributed by atoms with E-state index >= 15 is 0 Å². The standard InChI is InChI=1S/C7H12N2O/c1-2-3-6-9-7(10)4-5-8-9/h5H,2-4,6H2,1H3. The van der Waals surface area contributed by atoms with Crippen molar-refractivity contribution in [3.05, 3.63) is 0 Å². The van der Waals surface area contributed by atoms with Gasteiger partial charge in [-0.1, -0.05) is 13.3 Å². The number of hydrogen-bond acceptors (Lipinski definition) is 2. The Hall–Kier alpha value is -0.860. The lowest BCUT2D eigenvalue weighted by Crippen LogP contribution is -2.21. The number of amides is 1. The zero-order valence-electron chi connectivity index (χ0n) is 6.21. The fraction of sp³-hybridized carbons (Fsp3) is 0.714. The Labute approximate surface area is 60.7 Å². The van der Waals surface area contributed by atoms with Crippen molar-refractivity contribution >= 4 is 12.1 Å². The van der Waals surface area contributed by atoms with Crippen LogP contribution >= 0.6 is 0 Å². The van der Waals surface area contributed by atoms with Crippen molar-refractivity contribution in [3.63, 3.8) is 0 Å². The molecule has 0 atom stereocenters. The molecule has 10 heavy (non-hydrogen) atoms. The molecule has 3 nitrogen and oxygen atoms in total. The number of carbonyl (C=O) groups is 1. The first kappa shape index (κ1) is 7.25. The molecule has 0 fully saturated rings. The van der Waals surface area contributed by atoms with Crippen LogP contribution in [0.1, 0.15) is 26.2 Å². The summed E-state index contributed by atoms with van der Waals surface area (Å²) >= 11 is 0. The third-order valence-electron chi connectivity index (χ3n) is 1.50. The van der Waals surface area contributed by atoms with Crippen molar-refractivity contribution in [2.45, 2.75) is 26.2 Å². The first-order valence-electron chi connectivity index (χ1n) is 3.67. The van der Waals surface area contributed by atoms with Crippen LogP contribution in [0.4, 0.5) is 0 Å². The Bertz CT molecular complexity index is 154. The zero-order chi connectivity index (χ0) is 7.40. The lowest BCUT2D eigenvalue weighted by Gasteiger charge is -2.09. The van der Waals surface area contributed by atoms with Gasteiger partial charge in [0.05, 0.1) is 6.42 Å². The number of rotatable bonds is 3. The van der Waals surface area contributed by atoms with Crippen LogP contribution in [-0.4, -0.2) is 23.7 Å². The van der Waals surface area contributed by atoms with Gasteiger partial charge in [-0.15, -0.1) is 0 Å². The minimum absolute atomic E-state index is 0.133. The largest absolute Gasteiger partial charge is 0.273 e. The second-order valence-corrected chi connectivity index (χ2v) is 2.37. The van der Waals surface area contributed by atoms with E-state index < -0.39 is 0 Å². The molecule has 1 aliphatic rings. The fourth-order valence-corrected chi connectivity index (χ4v) is 0.878. The summed E-state index contributed by atoms with van der Waals surface area (Å²) in [4.78, 5) is 10.9. The number of carbonyl (C=O) groups excluding carboxylic acids is 1. The van der Waals surface area contributed by atoms with Crippen LogP contribution in [0, 0.1) is 0 Å². The van der Waals surface area contributed by atoms with E-state index in [9.17, 15) is 4.79 Å². The Balaban J connectivity index is 2.27. The summed E-state index contributed by atoms with van der Waals surface area (Å²) < 4.78 is 0. The van der Waals surface area contributed by atoms with Gasteiger partial charge in [0.15, 0.2) is 0 Å². The highest BCUT2D eigenvalue weighted by Crippen LogP contribution is 2.03. The van der Waals surface area contributed by atoms with Gasteiger partial charge in [0.1, 0.15) is 0 Å². The third-order valence-corrected chi connectivity index (χ3v) is 1.50. The average molecular weight is 140 g/mol. The van der Waals surface area contributed by atoms with Crippen LogP contribution in [0.15, 0.2) is 5.10 Å². The highest BCUT2D eigenvalue weighted by atomic mass is 16.2. The van der Waals surface area contributed by atoms with Crippen LogP contribution in [0.2, 0.25) is 0 Å². The zero-order valence-corrected chi connectivity index (χ0v) is 6.21. The molecule has 0 aliphatic carbocycles. The van der Waals surface area contributed by atoms with E-state index in [1.54, 1.807) is 11.2 Å². The molecule has 0 radical (unpaired) electrons. The summed E-state index contributed by atoms with van der Waals surface area (Å²) in [6.07, 6.45) is 4.31. The van der Waals surface area contributed by atoms with E-state index in [1.807, 2.05) is 0 Å². The van der Waals surface area contributed by atoms with Crippen molar-refractivity contribution in [1.82, 2.24) is 5.01 Å². The molecule has 1 aliphatic heterocycles. The Morgan fingerprint density at radius 1 is 1.80 bits per heavy atom. The monoisotopic (exact) mass is 140 g/mol. The van der Waals surface area contributed by atoms with Crippen LogP contribution in [0.3, 0.4) is 0 Å². The van der Waals surface area contributed by atoms with Crippen LogP contribution in [-0.2, 0) is 4.79 Å². The SMILES string of the molecule is CCCCN1N=CCC1=O. The molecule has 1 amide bonds. The molecule has 0 aromatic carbocycles. The summed E-state index contributed by atoms with van der Waals surface area (Å²) in [7, 11) is 0. The average Bonchev–Trinajstić information content (AvgIpc) is 2.31. The van der Waals surface area contributed by atoms with Gasteiger partial charge in [-0.05, 0) is 6.42 Å². The lowest BCUT2D eigenvalue weighted by atomic mass is 10.3. The Morgan fingerprint density at radius 3 is 3.10 bits per heavy atom. The molecular weight excluding hydrogens is 128 g/mol. The quantitative estimate of drug-likeness (QED) is 0.575. The normalized spacial score (nSPS) is 16.9. The summed E-state index contributed by atoms with van der Waals surface area (Å²) in [5, 5.41) is 5.46. The van der Waals surface area contributed by atoms with E-state index in [-0.39, 0.29) is 5.91 Å². The molecule has 0 bridgehead atoms. The summed E-state index contributed by atoms with van der Waals surface area (Å²) in [5.74, 6) is 0.133. The second-order valence-electron chi connectivity index (χ2n) is 2.37. The van der Waals surface area contributed by atoms with E-state index in [1.165, 1.54) is 0 Å². The smallest absolute Gasteiger partial charge is 0.248 e. The molecule has 56 valence electrons. The van der Waals surface area contributed by atoms with E-state index in [4.69, 9.17) is 0 Å². The molecule has 0 saturated carbocycles. The number of hydrogen-bond donors (Lipinski definition) is 0. The van der Waals surface area contributed by atoms with Gasteiger partial charge in [0.25, 0.3) is 0 Å². The summed E-state index contributed by atoms with van der Waals surface area (Å²) in [5.41, 5.74) is 0.